The van der Waals surface area contributed by atoms with Gasteiger partial charge in [-0.3, -0.25) is 0 Å². The van der Waals surface area contributed by atoms with Crippen molar-refractivity contribution in [1.82, 2.24) is 0 Å². The monoisotopic (exact) mass is 250 g/mol. The summed E-state index contributed by atoms with van der Waals surface area (Å²) >= 11 is 0. The Kier molecular flexibility index (Phi) is 3.51. The van der Waals surface area contributed by atoms with Gasteiger partial charge in [0.15, 0.2) is 0 Å². The fraction of sp³-hybridized carbons (Fsp3) is 0.600. The van der Waals surface area contributed by atoms with Crippen molar-refractivity contribution < 1.29 is 4.39 Å². The van der Waals surface area contributed by atoms with Gasteiger partial charge in [-0.05, 0) is 42.7 Å². The Morgan fingerprint density at radius 3 is 2.72 bits per heavy atom. The van der Waals surface area contributed by atoms with Crippen molar-refractivity contribution in [1.29, 1.82) is 0 Å². The van der Waals surface area contributed by atoms with Crippen LogP contribution in [-0.2, 0) is 0 Å². The van der Waals surface area contributed by atoms with Gasteiger partial charge < -0.3 is 11.1 Å². The first-order chi connectivity index (χ1) is 8.37. The van der Waals surface area contributed by atoms with E-state index in [1.807, 2.05) is 6.07 Å². The van der Waals surface area contributed by atoms with Gasteiger partial charge in [0.1, 0.15) is 5.82 Å². The van der Waals surface area contributed by atoms with Crippen molar-refractivity contribution in [2.24, 2.45) is 11.3 Å². The highest BCUT2D eigenvalue weighted by Crippen LogP contribution is 2.40. The first-order valence-corrected chi connectivity index (χ1v) is 6.68. The average molecular weight is 250 g/mol. The Morgan fingerprint density at radius 2 is 2.06 bits per heavy atom. The van der Waals surface area contributed by atoms with Crippen molar-refractivity contribution in [2.75, 3.05) is 11.1 Å². The van der Waals surface area contributed by atoms with Gasteiger partial charge in [0, 0.05) is 6.04 Å². The third-order valence-electron chi connectivity index (χ3n) is 3.80. The lowest BCUT2D eigenvalue weighted by Crippen LogP contribution is -2.35. The number of nitrogens with two attached hydrogens (primary N) is 1. The lowest BCUT2D eigenvalue weighted by Gasteiger charge is -2.39. The van der Waals surface area contributed by atoms with E-state index in [2.05, 4.69) is 26.1 Å². The zero-order chi connectivity index (χ0) is 13.3. The first-order valence-electron chi connectivity index (χ1n) is 6.68. The molecule has 0 bridgehead atoms. The number of hydrogen-bond acceptors (Lipinski definition) is 2. The van der Waals surface area contributed by atoms with Crippen LogP contribution >= 0.6 is 0 Å². The summed E-state index contributed by atoms with van der Waals surface area (Å²) in [7, 11) is 0. The SMILES string of the molecule is C[C@@H]1CC(Nc2cccc(F)c2N)CC(C)(C)C1. The normalized spacial score (nSPS) is 26.9. The molecule has 3 N–H and O–H groups in total. The third kappa shape index (κ3) is 2.95. The molecule has 1 aliphatic carbocycles. The number of halogens is 1. The maximum atomic E-state index is 13.4. The second kappa shape index (κ2) is 4.79. The molecule has 0 amide bonds. The Hall–Kier alpha value is -1.25. The van der Waals surface area contributed by atoms with E-state index in [0.29, 0.717) is 17.4 Å². The molecular formula is C15H23FN2. The van der Waals surface area contributed by atoms with Crippen molar-refractivity contribution in [3.8, 4) is 0 Å². The molecule has 18 heavy (non-hydrogen) atoms. The molecule has 1 aliphatic rings. The molecule has 3 heteroatoms. The van der Waals surface area contributed by atoms with E-state index in [1.165, 1.54) is 12.5 Å². The maximum Gasteiger partial charge on any atom is 0.148 e. The summed E-state index contributed by atoms with van der Waals surface area (Å²) in [6, 6.07) is 5.33. The van der Waals surface area contributed by atoms with E-state index in [0.717, 1.165) is 18.5 Å². The highest BCUT2D eigenvalue weighted by Gasteiger charge is 2.32. The van der Waals surface area contributed by atoms with Crippen LogP contribution in [-0.4, -0.2) is 6.04 Å². The quantitative estimate of drug-likeness (QED) is 0.778. The van der Waals surface area contributed by atoms with Gasteiger partial charge in [-0.15, -0.1) is 0 Å². The summed E-state index contributed by atoms with van der Waals surface area (Å²) < 4.78 is 13.4. The van der Waals surface area contributed by atoms with Crippen molar-refractivity contribution in [2.45, 2.75) is 46.1 Å². The smallest absolute Gasteiger partial charge is 0.148 e. The number of nitrogens with one attached hydrogen (secondary N) is 1. The average Bonchev–Trinajstić information content (AvgIpc) is 2.22. The molecule has 2 rings (SSSR count). The standard InChI is InChI=1S/C15H23FN2/c1-10-7-11(9-15(2,3)8-10)18-13-6-4-5-12(16)14(13)17/h4-6,10-11,18H,7-9,17H2,1-3H3/t10-,11?/m1/s1. The number of rotatable bonds is 2. The summed E-state index contributed by atoms with van der Waals surface area (Å²) in [4.78, 5) is 0. The molecule has 1 aromatic carbocycles. The summed E-state index contributed by atoms with van der Waals surface area (Å²) in [5.74, 6) is 0.351. The molecule has 0 saturated heterocycles. The summed E-state index contributed by atoms with van der Waals surface area (Å²) in [5, 5.41) is 3.41. The zero-order valence-electron chi connectivity index (χ0n) is 11.5. The van der Waals surface area contributed by atoms with Crippen LogP contribution in [0.4, 0.5) is 15.8 Å². The Balaban J connectivity index is 2.11. The fourth-order valence-corrected chi connectivity index (χ4v) is 3.34. The highest BCUT2D eigenvalue weighted by molar-refractivity contribution is 5.66. The van der Waals surface area contributed by atoms with Crippen molar-refractivity contribution >= 4 is 11.4 Å². The minimum atomic E-state index is -0.344. The van der Waals surface area contributed by atoms with E-state index in [-0.39, 0.29) is 11.5 Å². The number of para-hydroxylation sites is 1. The summed E-state index contributed by atoms with van der Waals surface area (Å²) in [6.07, 6.45) is 3.48. The van der Waals surface area contributed by atoms with Gasteiger partial charge in [-0.2, -0.15) is 0 Å². The van der Waals surface area contributed by atoms with Crippen LogP contribution in [0.1, 0.15) is 40.0 Å². The van der Waals surface area contributed by atoms with Gasteiger partial charge in [-0.1, -0.05) is 26.8 Å². The first kappa shape index (κ1) is 13.2. The van der Waals surface area contributed by atoms with E-state index >= 15 is 0 Å². The van der Waals surface area contributed by atoms with Crippen LogP contribution in [0.2, 0.25) is 0 Å². The van der Waals surface area contributed by atoms with E-state index in [1.54, 1.807) is 6.07 Å². The Labute approximate surface area is 109 Å². The van der Waals surface area contributed by atoms with Gasteiger partial charge in [-0.25, -0.2) is 4.39 Å². The minimum Gasteiger partial charge on any atom is -0.395 e. The molecule has 0 spiro atoms. The molecule has 0 aliphatic heterocycles. The summed E-state index contributed by atoms with van der Waals surface area (Å²) in [5.41, 5.74) is 7.07. The lowest BCUT2D eigenvalue weighted by atomic mass is 9.70. The zero-order valence-corrected chi connectivity index (χ0v) is 11.5. The van der Waals surface area contributed by atoms with Gasteiger partial charge in [0.2, 0.25) is 0 Å². The Bertz CT molecular complexity index is 429. The number of benzene rings is 1. The van der Waals surface area contributed by atoms with E-state index in [4.69, 9.17) is 5.73 Å². The second-order valence-electron chi connectivity index (χ2n) is 6.46. The molecule has 0 aromatic heterocycles. The van der Waals surface area contributed by atoms with E-state index < -0.39 is 0 Å². The van der Waals surface area contributed by atoms with Crippen LogP contribution in [0.5, 0.6) is 0 Å². The van der Waals surface area contributed by atoms with Crippen LogP contribution in [0, 0.1) is 17.2 Å². The van der Waals surface area contributed by atoms with Crippen molar-refractivity contribution in [3.63, 3.8) is 0 Å². The molecule has 2 atom stereocenters. The van der Waals surface area contributed by atoms with Crippen LogP contribution in [0.15, 0.2) is 18.2 Å². The van der Waals surface area contributed by atoms with E-state index in [9.17, 15) is 4.39 Å². The summed E-state index contributed by atoms with van der Waals surface area (Å²) in [6.45, 7) is 6.88. The van der Waals surface area contributed by atoms with Crippen molar-refractivity contribution in [3.05, 3.63) is 24.0 Å². The minimum absolute atomic E-state index is 0.230. The van der Waals surface area contributed by atoms with Gasteiger partial charge in [0.05, 0.1) is 11.4 Å². The third-order valence-corrected chi connectivity index (χ3v) is 3.80. The molecule has 2 nitrogen and oxygen atoms in total. The van der Waals surface area contributed by atoms with Crippen LogP contribution < -0.4 is 11.1 Å². The molecule has 100 valence electrons. The highest BCUT2D eigenvalue weighted by atomic mass is 19.1. The molecular weight excluding hydrogens is 227 g/mol. The van der Waals surface area contributed by atoms with Crippen LogP contribution in [0.25, 0.3) is 0 Å². The second-order valence-corrected chi connectivity index (χ2v) is 6.46. The Morgan fingerprint density at radius 1 is 1.33 bits per heavy atom. The van der Waals surface area contributed by atoms with Crippen LogP contribution in [0.3, 0.4) is 0 Å². The van der Waals surface area contributed by atoms with Gasteiger partial charge >= 0.3 is 0 Å². The molecule has 1 unspecified atom stereocenters. The lowest BCUT2D eigenvalue weighted by molar-refractivity contribution is 0.178. The predicted octanol–water partition coefficient (Wildman–Crippen LogP) is 4.03. The predicted molar refractivity (Wildman–Crippen MR) is 75.0 cm³/mol. The molecule has 1 saturated carbocycles. The number of anilines is 2. The number of nitrogen functional groups attached to an aromatic ring is 1. The number of hydrogen-bond donors (Lipinski definition) is 2. The molecule has 0 heterocycles. The topological polar surface area (TPSA) is 38.0 Å². The molecule has 1 aromatic rings. The fourth-order valence-electron chi connectivity index (χ4n) is 3.34. The molecule has 0 radical (unpaired) electrons. The molecule has 1 fully saturated rings. The maximum absolute atomic E-state index is 13.4. The van der Waals surface area contributed by atoms with Gasteiger partial charge in [0.25, 0.3) is 0 Å². The largest absolute Gasteiger partial charge is 0.395 e.